The van der Waals surface area contributed by atoms with Gasteiger partial charge in [0.05, 0.1) is 4.90 Å². The van der Waals surface area contributed by atoms with E-state index < -0.39 is 22.0 Å². The lowest BCUT2D eigenvalue weighted by molar-refractivity contribution is -0.139. The Morgan fingerprint density at radius 2 is 1.91 bits per heavy atom. The predicted molar refractivity (Wildman–Crippen MR) is 86.7 cm³/mol. The van der Waals surface area contributed by atoms with Gasteiger partial charge in [-0.3, -0.25) is 4.79 Å². The summed E-state index contributed by atoms with van der Waals surface area (Å²) in [7, 11) is -0.232. The first-order valence-electron chi connectivity index (χ1n) is 7.07. The largest absolute Gasteiger partial charge is 0.480 e. The molecule has 0 bridgehead atoms. The lowest BCUT2D eigenvalue weighted by atomic mass is 10.1. The van der Waals surface area contributed by atoms with Crippen molar-refractivity contribution in [3.63, 3.8) is 0 Å². The molecule has 1 aromatic carbocycles. The number of benzene rings is 1. The summed E-state index contributed by atoms with van der Waals surface area (Å²) in [6.07, 6.45) is 0.237. The maximum atomic E-state index is 12.4. The number of hydrogen-bond donors (Lipinski definition) is 2. The third kappa shape index (κ3) is 4.71. The molecule has 0 spiro atoms. The number of rotatable bonds is 7. The summed E-state index contributed by atoms with van der Waals surface area (Å²) in [5.41, 5.74) is 1.72. The minimum Gasteiger partial charge on any atom is -0.480 e. The molecule has 0 saturated carbocycles. The van der Waals surface area contributed by atoms with Gasteiger partial charge in [-0.2, -0.15) is 4.72 Å². The van der Waals surface area contributed by atoms with Crippen LogP contribution in [0.15, 0.2) is 23.1 Å². The molecule has 6 nitrogen and oxygen atoms in total. The van der Waals surface area contributed by atoms with Crippen LogP contribution in [-0.2, 0) is 14.8 Å². The number of hydrogen-bond acceptors (Lipinski definition) is 4. The number of aliphatic carboxylic acids is 1. The first-order chi connectivity index (χ1) is 10.0. The fraction of sp³-hybridized carbons (Fsp3) is 0.533. The lowest BCUT2D eigenvalue weighted by Crippen LogP contribution is -2.41. The van der Waals surface area contributed by atoms with Crippen molar-refractivity contribution < 1.29 is 18.3 Å². The van der Waals surface area contributed by atoms with Crippen molar-refractivity contribution in [1.82, 2.24) is 4.72 Å². The van der Waals surface area contributed by atoms with E-state index in [-0.39, 0.29) is 17.2 Å². The van der Waals surface area contributed by atoms with Gasteiger partial charge in [0.1, 0.15) is 6.04 Å². The van der Waals surface area contributed by atoms with Gasteiger partial charge in [0.2, 0.25) is 10.0 Å². The normalized spacial score (nSPS) is 13.2. The molecule has 0 unspecified atom stereocenters. The summed E-state index contributed by atoms with van der Waals surface area (Å²) in [6, 6.07) is 3.61. The van der Waals surface area contributed by atoms with E-state index in [4.69, 9.17) is 0 Å². The molecule has 0 aliphatic heterocycles. The standard InChI is InChI=1S/C15H24N2O4S/c1-10(2)8-13(15(18)19)16-22(20,21)12-7-6-11(3)14(9-12)17(4)5/h6-7,9-10,13,16H,8H2,1-5H3,(H,18,19)/t13-/m1/s1. The topological polar surface area (TPSA) is 86.7 Å². The highest BCUT2D eigenvalue weighted by atomic mass is 32.2. The van der Waals surface area contributed by atoms with E-state index in [2.05, 4.69) is 4.72 Å². The third-order valence-electron chi connectivity index (χ3n) is 3.28. The molecule has 0 fully saturated rings. The maximum Gasteiger partial charge on any atom is 0.321 e. The van der Waals surface area contributed by atoms with E-state index in [9.17, 15) is 18.3 Å². The van der Waals surface area contributed by atoms with Gasteiger partial charge < -0.3 is 10.0 Å². The Morgan fingerprint density at radius 1 is 1.32 bits per heavy atom. The van der Waals surface area contributed by atoms with Crippen LogP contribution in [0, 0.1) is 12.8 Å². The molecular formula is C15H24N2O4S. The highest BCUT2D eigenvalue weighted by Gasteiger charge is 2.26. The molecule has 22 heavy (non-hydrogen) atoms. The summed E-state index contributed by atoms with van der Waals surface area (Å²) in [6.45, 7) is 5.58. The van der Waals surface area contributed by atoms with E-state index in [1.165, 1.54) is 6.07 Å². The van der Waals surface area contributed by atoms with Crippen molar-refractivity contribution in [1.29, 1.82) is 0 Å². The number of anilines is 1. The minimum atomic E-state index is -3.88. The molecular weight excluding hydrogens is 304 g/mol. The van der Waals surface area contributed by atoms with E-state index >= 15 is 0 Å². The number of nitrogens with one attached hydrogen (secondary N) is 1. The van der Waals surface area contributed by atoms with Gasteiger partial charge >= 0.3 is 5.97 Å². The Morgan fingerprint density at radius 3 is 2.36 bits per heavy atom. The number of sulfonamides is 1. The lowest BCUT2D eigenvalue weighted by Gasteiger charge is -2.19. The van der Waals surface area contributed by atoms with Crippen molar-refractivity contribution in [2.75, 3.05) is 19.0 Å². The van der Waals surface area contributed by atoms with E-state index in [1.807, 2.05) is 39.8 Å². The van der Waals surface area contributed by atoms with E-state index in [1.54, 1.807) is 12.1 Å². The van der Waals surface area contributed by atoms with Gasteiger partial charge in [0.25, 0.3) is 0 Å². The van der Waals surface area contributed by atoms with Gasteiger partial charge in [-0.15, -0.1) is 0 Å². The first kappa shape index (κ1) is 18.4. The van der Waals surface area contributed by atoms with E-state index in [0.717, 1.165) is 11.3 Å². The van der Waals surface area contributed by atoms with Crippen LogP contribution in [0.1, 0.15) is 25.8 Å². The minimum absolute atomic E-state index is 0.0665. The van der Waals surface area contributed by atoms with Crippen LogP contribution in [0.2, 0.25) is 0 Å². The number of aryl methyl sites for hydroxylation is 1. The summed E-state index contributed by atoms with van der Waals surface area (Å²) in [5.74, 6) is -1.10. The van der Waals surface area contributed by atoms with Crippen molar-refractivity contribution in [3.05, 3.63) is 23.8 Å². The van der Waals surface area contributed by atoms with Gasteiger partial charge in [0.15, 0.2) is 0 Å². The average Bonchev–Trinajstić information content (AvgIpc) is 2.36. The molecule has 2 N–H and O–H groups in total. The van der Waals surface area contributed by atoms with Gasteiger partial charge in [0, 0.05) is 19.8 Å². The van der Waals surface area contributed by atoms with Gasteiger partial charge in [-0.05, 0) is 37.0 Å². The number of carboxylic acids is 1. The highest BCUT2D eigenvalue weighted by molar-refractivity contribution is 7.89. The second kappa shape index (κ2) is 7.11. The average molecular weight is 328 g/mol. The van der Waals surface area contributed by atoms with Crippen LogP contribution in [0.3, 0.4) is 0 Å². The third-order valence-corrected chi connectivity index (χ3v) is 4.74. The second-order valence-electron chi connectivity index (χ2n) is 5.98. The van der Waals surface area contributed by atoms with Crippen LogP contribution in [0.5, 0.6) is 0 Å². The fourth-order valence-electron chi connectivity index (χ4n) is 2.16. The van der Waals surface area contributed by atoms with Crippen LogP contribution < -0.4 is 9.62 Å². The molecule has 1 atom stereocenters. The molecule has 0 aliphatic carbocycles. The van der Waals surface area contributed by atoms with Crippen LogP contribution in [0.4, 0.5) is 5.69 Å². The Hall–Kier alpha value is -1.60. The van der Waals surface area contributed by atoms with Crippen LogP contribution >= 0.6 is 0 Å². The first-order valence-corrected chi connectivity index (χ1v) is 8.56. The predicted octanol–water partition coefficient (Wildman–Crippen LogP) is 1.84. The maximum absolute atomic E-state index is 12.4. The van der Waals surface area contributed by atoms with Crippen molar-refractivity contribution >= 4 is 21.7 Å². The van der Waals surface area contributed by atoms with Gasteiger partial charge in [-0.25, -0.2) is 8.42 Å². The number of carbonyl (C=O) groups is 1. The summed E-state index contributed by atoms with van der Waals surface area (Å²) >= 11 is 0. The molecule has 0 aromatic heterocycles. The molecule has 0 saturated heterocycles. The summed E-state index contributed by atoms with van der Waals surface area (Å²) < 4.78 is 27.1. The monoisotopic (exact) mass is 328 g/mol. The van der Waals surface area contributed by atoms with Crippen LogP contribution in [0.25, 0.3) is 0 Å². The zero-order valence-electron chi connectivity index (χ0n) is 13.6. The highest BCUT2D eigenvalue weighted by Crippen LogP contribution is 2.22. The fourth-order valence-corrected chi connectivity index (χ4v) is 3.39. The zero-order valence-corrected chi connectivity index (χ0v) is 14.4. The molecule has 1 aromatic rings. The number of carboxylic acid groups (broad SMARTS) is 1. The van der Waals surface area contributed by atoms with Crippen molar-refractivity contribution in [3.8, 4) is 0 Å². The Kier molecular flexibility index (Phi) is 5.96. The Bertz CT molecular complexity index is 639. The molecule has 0 radical (unpaired) electrons. The Labute approximate surface area is 132 Å². The molecule has 124 valence electrons. The summed E-state index contributed by atoms with van der Waals surface area (Å²) in [5, 5.41) is 9.18. The van der Waals surface area contributed by atoms with Gasteiger partial charge in [-0.1, -0.05) is 19.9 Å². The van der Waals surface area contributed by atoms with Crippen molar-refractivity contribution in [2.24, 2.45) is 5.92 Å². The SMILES string of the molecule is Cc1ccc(S(=O)(=O)N[C@H](CC(C)C)C(=O)O)cc1N(C)C. The molecule has 0 aliphatic rings. The van der Waals surface area contributed by atoms with Crippen LogP contribution in [-0.4, -0.2) is 39.6 Å². The quantitative estimate of drug-likeness (QED) is 0.797. The molecule has 0 heterocycles. The zero-order chi connectivity index (χ0) is 17.1. The second-order valence-corrected chi connectivity index (χ2v) is 7.70. The number of nitrogens with zero attached hydrogens (tertiary/aromatic N) is 1. The summed E-state index contributed by atoms with van der Waals surface area (Å²) in [4.78, 5) is 13.1. The van der Waals surface area contributed by atoms with Crippen molar-refractivity contribution in [2.45, 2.75) is 38.1 Å². The molecule has 1 rings (SSSR count). The smallest absolute Gasteiger partial charge is 0.321 e. The Balaban J connectivity index is 3.13. The molecule has 0 amide bonds. The van der Waals surface area contributed by atoms with E-state index in [0.29, 0.717) is 0 Å². The molecule has 7 heteroatoms.